The van der Waals surface area contributed by atoms with Gasteiger partial charge in [0.2, 0.25) is 5.91 Å². The van der Waals surface area contributed by atoms with Gasteiger partial charge in [-0.25, -0.2) is 4.98 Å². The summed E-state index contributed by atoms with van der Waals surface area (Å²) in [6.07, 6.45) is 1.07. The molecule has 3 aromatic rings. The molecule has 0 fully saturated rings. The number of para-hydroxylation sites is 2. The van der Waals surface area contributed by atoms with Crippen molar-refractivity contribution in [3.63, 3.8) is 0 Å². The van der Waals surface area contributed by atoms with Crippen LogP contribution in [0.15, 0.2) is 36.9 Å². The highest BCUT2D eigenvalue weighted by molar-refractivity contribution is 7.71. The van der Waals surface area contributed by atoms with Crippen LogP contribution in [0.3, 0.4) is 0 Å². The summed E-state index contributed by atoms with van der Waals surface area (Å²) in [4.78, 5) is 32.0. The van der Waals surface area contributed by atoms with E-state index in [0.29, 0.717) is 39.4 Å². The molecule has 0 saturated heterocycles. The van der Waals surface area contributed by atoms with E-state index in [2.05, 4.69) is 27.1 Å². The number of anilines is 2. The van der Waals surface area contributed by atoms with Crippen molar-refractivity contribution in [3.05, 3.63) is 47.4 Å². The van der Waals surface area contributed by atoms with Crippen LogP contribution >= 0.6 is 23.6 Å². The largest absolute Gasteiger partial charge is 0.479 e. The summed E-state index contributed by atoms with van der Waals surface area (Å²) in [6.45, 7) is 7.59. The molecule has 0 bridgehead atoms. The van der Waals surface area contributed by atoms with Crippen LogP contribution in [0.1, 0.15) is 12.6 Å². The van der Waals surface area contributed by atoms with E-state index in [4.69, 9.17) is 17.0 Å². The third-order valence-corrected chi connectivity index (χ3v) is 6.07. The molecule has 4 rings (SSSR count). The van der Waals surface area contributed by atoms with E-state index >= 15 is 0 Å². The monoisotopic (exact) mass is 456 g/mol. The maximum Gasteiger partial charge on any atom is 0.268 e. The smallest absolute Gasteiger partial charge is 0.268 e. The van der Waals surface area contributed by atoms with Crippen LogP contribution in [0.2, 0.25) is 0 Å². The summed E-state index contributed by atoms with van der Waals surface area (Å²) < 4.78 is 7.90. The summed E-state index contributed by atoms with van der Waals surface area (Å²) in [5, 5.41) is 10.3. The van der Waals surface area contributed by atoms with Crippen molar-refractivity contribution < 1.29 is 14.3 Å². The lowest BCUT2D eigenvalue weighted by atomic mass is 10.2. The van der Waals surface area contributed by atoms with Crippen molar-refractivity contribution in [3.8, 4) is 16.5 Å². The van der Waals surface area contributed by atoms with E-state index in [9.17, 15) is 9.59 Å². The van der Waals surface area contributed by atoms with Crippen LogP contribution in [-0.4, -0.2) is 44.2 Å². The van der Waals surface area contributed by atoms with Gasteiger partial charge in [-0.05, 0) is 38.2 Å². The normalized spacial score (nSPS) is 15.4. The summed E-state index contributed by atoms with van der Waals surface area (Å²) >= 11 is 6.55. The molecule has 1 aliphatic heterocycles. The van der Waals surface area contributed by atoms with Gasteiger partial charge in [-0.3, -0.25) is 24.2 Å². The number of thiazole rings is 1. The van der Waals surface area contributed by atoms with Crippen molar-refractivity contribution in [2.75, 3.05) is 16.8 Å². The first-order valence-corrected chi connectivity index (χ1v) is 10.7. The van der Waals surface area contributed by atoms with Crippen molar-refractivity contribution in [1.82, 2.24) is 19.7 Å². The standard InChI is InChI=1S/C20H20N6O3S2/c1-4-9-25-17(23-24-20(25)30)16-11(2)21-19(31-16)22-15(27)10-26-13-7-5-6-8-14(13)29-12(3)18(26)28/h4-8,12H,1,9-10H2,2-3H3,(H,24,30)(H,21,22,27)/t12-/m0/s1. The highest BCUT2D eigenvalue weighted by atomic mass is 32.1. The number of carbonyl (C=O) groups excluding carboxylic acids is 2. The maximum atomic E-state index is 12.7. The Bertz CT molecular complexity index is 1230. The number of aromatic amines is 1. The number of amides is 2. The number of rotatable bonds is 6. The average molecular weight is 457 g/mol. The SMILES string of the molecule is C=CCn1c(-c2sc(NC(=O)CN3C(=O)[C@H](C)Oc4ccccc43)nc2C)n[nH]c1=S. The molecule has 0 saturated carbocycles. The Morgan fingerprint density at radius 3 is 3.00 bits per heavy atom. The van der Waals surface area contributed by atoms with Gasteiger partial charge in [0.05, 0.1) is 16.3 Å². The lowest BCUT2D eigenvalue weighted by molar-refractivity contribution is -0.127. The Morgan fingerprint density at radius 1 is 1.45 bits per heavy atom. The third kappa shape index (κ3) is 4.01. The maximum absolute atomic E-state index is 12.7. The number of nitrogens with one attached hydrogen (secondary N) is 2. The van der Waals surface area contributed by atoms with Crippen LogP contribution in [0.25, 0.3) is 10.7 Å². The topological polar surface area (TPSA) is 105 Å². The molecule has 0 unspecified atom stereocenters. The predicted octanol–water partition coefficient (Wildman–Crippen LogP) is 3.31. The molecule has 3 heterocycles. The van der Waals surface area contributed by atoms with Gasteiger partial charge in [-0.2, -0.15) is 5.10 Å². The molecule has 2 amide bonds. The first kappa shape index (κ1) is 20.9. The van der Waals surface area contributed by atoms with Crippen molar-refractivity contribution >= 4 is 46.2 Å². The minimum absolute atomic E-state index is 0.146. The summed E-state index contributed by atoms with van der Waals surface area (Å²) in [7, 11) is 0. The molecule has 2 N–H and O–H groups in total. The second-order valence-electron chi connectivity index (χ2n) is 6.89. The molecular formula is C20H20N6O3S2. The average Bonchev–Trinajstić information content (AvgIpc) is 3.27. The van der Waals surface area contributed by atoms with Gasteiger partial charge in [0.15, 0.2) is 21.8 Å². The molecule has 31 heavy (non-hydrogen) atoms. The summed E-state index contributed by atoms with van der Waals surface area (Å²) in [6, 6.07) is 7.14. The van der Waals surface area contributed by atoms with Gasteiger partial charge >= 0.3 is 0 Å². The minimum Gasteiger partial charge on any atom is -0.479 e. The zero-order valence-corrected chi connectivity index (χ0v) is 18.5. The first-order chi connectivity index (χ1) is 14.9. The molecular weight excluding hydrogens is 436 g/mol. The molecule has 160 valence electrons. The van der Waals surface area contributed by atoms with Gasteiger partial charge in [0.25, 0.3) is 5.91 Å². The van der Waals surface area contributed by atoms with E-state index in [-0.39, 0.29) is 18.4 Å². The number of H-pyrrole nitrogens is 1. The second-order valence-corrected chi connectivity index (χ2v) is 8.27. The first-order valence-electron chi connectivity index (χ1n) is 9.50. The summed E-state index contributed by atoms with van der Waals surface area (Å²) in [5.41, 5.74) is 1.28. The highest BCUT2D eigenvalue weighted by Gasteiger charge is 2.32. The Balaban J connectivity index is 1.54. The molecule has 0 aliphatic carbocycles. The number of allylic oxidation sites excluding steroid dienone is 1. The Kier molecular flexibility index (Phi) is 5.70. The van der Waals surface area contributed by atoms with Gasteiger partial charge in [0, 0.05) is 6.54 Å². The van der Waals surface area contributed by atoms with Crippen LogP contribution < -0.4 is 15.0 Å². The lowest BCUT2D eigenvalue weighted by Crippen LogP contribution is -2.47. The number of carbonyl (C=O) groups is 2. The fourth-order valence-electron chi connectivity index (χ4n) is 3.27. The molecule has 1 aliphatic rings. The number of fused-ring (bicyclic) bond motifs is 1. The molecule has 1 aromatic carbocycles. The number of ether oxygens (including phenoxy) is 1. The Labute approximate surface area is 187 Å². The molecule has 0 spiro atoms. The van der Waals surface area contributed by atoms with E-state index in [1.165, 1.54) is 16.2 Å². The van der Waals surface area contributed by atoms with E-state index in [1.807, 2.05) is 13.0 Å². The van der Waals surface area contributed by atoms with Gasteiger partial charge in [-0.1, -0.05) is 29.5 Å². The van der Waals surface area contributed by atoms with E-state index in [1.54, 1.807) is 35.8 Å². The molecule has 1 atom stereocenters. The second kappa shape index (κ2) is 8.44. The van der Waals surface area contributed by atoms with E-state index in [0.717, 1.165) is 4.88 Å². The molecule has 2 aromatic heterocycles. The zero-order chi connectivity index (χ0) is 22.1. The lowest BCUT2D eigenvalue weighted by Gasteiger charge is -2.32. The zero-order valence-electron chi connectivity index (χ0n) is 16.9. The Morgan fingerprint density at radius 2 is 2.23 bits per heavy atom. The number of hydrogen-bond acceptors (Lipinski definition) is 7. The van der Waals surface area contributed by atoms with Crippen LogP contribution in [0.4, 0.5) is 10.8 Å². The number of benzene rings is 1. The van der Waals surface area contributed by atoms with Crippen molar-refractivity contribution in [2.24, 2.45) is 0 Å². The predicted molar refractivity (Wildman–Crippen MR) is 121 cm³/mol. The third-order valence-electron chi connectivity index (χ3n) is 4.69. The minimum atomic E-state index is -0.663. The number of nitrogens with zero attached hydrogens (tertiary/aromatic N) is 4. The van der Waals surface area contributed by atoms with Crippen molar-refractivity contribution in [2.45, 2.75) is 26.5 Å². The van der Waals surface area contributed by atoms with Crippen molar-refractivity contribution in [1.29, 1.82) is 0 Å². The fraction of sp³-hybridized carbons (Fsp3) is 0.250. The van der Waals surface area contributed by atoms with Gasteiger partial charge in [0.1, 0.15) is 12.3 Å². The number of hydrogen-bond donors (Lipinski definition) is 2. The number of aryl methyl sites for hydroxylation is 1. The van der Waals surface area contributed by atoms with Crippen LogP contribution in [0.5, 0.6) is 5.75 Å². The van der Waals surface area contributed by atoms with Crippen LogP contribution in [-0.2, 0) is 16.1 Å². The number of aromatic nitrogens is 4. The van der Waals surface area contributed by atoms with Gasteiger partial charge < -0.3 is 10.1 Å². The summed E-state index contributed by atoms with van der Waals surface area (Å²) in [5.74, 6) is 0.568. The quantitative estimate of drug-likeness (QED) is 0.436. The molecule has 0 radical (unpaired) electrons. The Hall–Kier alpha value is -3.31. The van der Waals surface area contributed by atoms with E-state index < -0.39 is 6.10 Å². The molecule has 9 nitrogen and oxygen atoms in total. The fourth-order valence-corrected chi connectivity index (χ4v) is 4.46. The molecule has 11 heteroatoms. The van der Waals surface area contributed by atoms with Gasteiger partial charge in [-0.15, -0.1) is 6.58 Å². The highest BCUT2D eigenvalue weighted by Crippen LogP contribution is 2.34. The van der Waals surface area contributed by atoms with Crippen LogP contribution in [0, 0.1) is 11.7 Å².